The minimum atomic E-state index is -4.55. The van der Waals surface area contributed by atoms with Crippen molar-refractivity contribution in [1.29, 1.82) is 0 Å². The van der Waals surface area contributed by atoms with Crippen molar-refractivity contribution in [3.8, 4) is 11.3 Å². The highest BCUT2D eigenvalue weighted by atomic mass is 28.4. The van der Waals surface area contributed by atoms with Crippen molar-refractivity contribution in [2.24, 2.45) is 5.41 Å². The molecule has 298 valence electrons. The molecule has 6 nitrogen and oxygen atoms in total. The van der Waals surface area contributed by atoms with Gasteiger partial charge in [0.25, 0.3) is 8.32 Å². The molecule has 0 saturated carbocycles. The van der Waals surface area contributed by atoms with Gasteiger partial charge in [-0.05, 0) is 79.1 Å². The second-order valence-electron chi connectivity index (χ2n) is 18.2. The van der Waals surface area contributed by atoms with Crippen LogP contribution in [0.25, 0.3) is 22.2 Å². The molecular formula is C45H56BF3N2O4Si. The largest absolute Gasteiger partial charge is 0.494 e. The van der Waals surface area contributed by atoms with Crippen molar-refractivity contribution in [2.45, 2.75) is 117 Å². The van der Waals surface area contributed by atoms with Gasteiger partial charge in [0, 0.05) is 35.3 Å². The number of pyridine rings is 1. The molecule has 56 heavy (non-hydrogen) atoms. The minimum absolute atomic E-state index is 0.397. The summed E-state index contributed by atoms with van der Waals surface area (Å²) in [6.45, 7) is 21.5. The van der Waals surface area contributed by atoms with Crippen molar-refractivity contribution in [3.63, 3.8) is 0 Å². The Bertz CT molecular complexity index is 2100. The standard InChI is InChI=1S/C45H56BF3N2O4Si/c1-30(52-12)38-34(24-19-27-50-38)39-37(35-28-31(46-54-43(8,9)44(10,11)55-46)25-26-36(35)51(39)29-45(47,48)49)40(41(2,3)4)53-56(42(5,6)7,32-20-15-13-16-21-32)33-22-17-14-18-23-33/h13-28,30,40H,29H2,1-12H3. The van der Waals surface area contributed by atoms with Crippen LogP contribution in [0.4, 0.5) is 13.2 Å². The fraction of sp³-hybridized carbons (Fsp3) is 0.444. The maximum absolute atomic E-state index is 15.0. The number of ether oxygens (including phenoxy) is 1. The molecule has 0 bridgehead atoms. The van der Waals surface area contributed by atoms with E-state index in [1.807, 2.05) is 89.2 Å². The molecule has 1 aliphatic rings. The second kappa shape index (κ2) is 14.9. The van der Waals surface area contributed by atoms with E-state index in [-0.39, 0.29) is 0 Å². The summed E-state index contributed by atoms with van der Waals surface area (Å²) in [5, 5.41) is 2.36. The second-order valence-corrected chi connectivity index (χ2v) is 22.4. The molecule has 0 amide bonds. The molecule has 0 radical (unpaired) electrons. The monoisotopic (exact) mass is 784 g/mol. The molecule has 11 heteroatoms. The van der Waals surface area contributed by atoms with Gasteiger partial charge in [-0.3, -0.25) is 4.98 Å². The molecule has 1 saturated heterocycles. The summed E-state index contributed by atoms with van der Waals surface area (Å²) in [6, 6.07) is 29.8. The van der Waals surface area contributed by atoms with Crippen LogP contribution >= 0.6 is 0 Å². The number of aromatic nitrogens is 2. The van der Waals surface area contributed by atoms with Gasteiger partial charge in [0.05, 0.1) is 34.8 Å². The molecule has 6 rings (SSSR count). The molecule has 2 unspecified atom stereocenters. The lowest BCUT2D eigenvalue weighted by Crippen LogP contribution is -2.67. The first-order valence-corrected chi connectivity index (χ1v) is 21.3. The van der Waals surface area contributed by atoms with Gasteiger partial charge < -0.3 is 23.0 Å². The van der Waals surface area contributed by atoms with Crippen LogP contribution in [0, 0.1) is 5.41 Å². The Hall–Kier alpha value is -3.74. The van der Waals surface area contributed by atoms with E-state index in [0.29, 0.717) is 38.9 Å². The lowest BCUT2D eigenvalue weighted by Gasteiger charge is -2.48. The zero-order valence-electron chi connectivity index (χ0n) is 34.8. The first-order valence-electron chi connectivity index (χ1n) is 19.4. The maximum atomic E-state index is 15.0. The molecule has 2 atom stereocenters. The highest BCUT2D eigenvalue weighted by Crippen LogP contribution is 2.51. The molecule has 0 spiro atoms. The Labute approximate surface area is 332 Å². The van der Waals surface area contributed by atoms with Gasteiger partial charge in [-0.25, -0.2) is 0 Å². The molecule has 5 aromatic rings. The van der Waals surface area contributed by atoms with E-state index in [9.17, 15) is 13.2 Å². The van der Waals surface area contributed by atoms with Crippen LogP contribution in [0.15, 0.2) is 97.2 Å². The summed E-state index contributed by atoms with van der Waals surface area (Å²) in [6.07, 6.45) is -4.13. The average molecular weight is 785 g/mol. The van der Waals surface area contributed by atoms with Gasteiger partial charge >= 0.3 is 13.3 Å². The Kier molecular flexibility index (Phi) is 11.1. The van der Waals surface area contributed by atoms with E-state index >= 15 is 0 Å². The fourth-order valence-electron chi connectivity index (χ4n) is 8.01. The van der Waals surface area contributed by atoms with Crippen molar-refractivity contribution in [3.05, 3.63) is 108 Å². The van der Waals surface area contributed by atoms with Crippen LogP contribution in [0.2, 0.25) is 5.04 Å². The third-order valence-electron chi connectivity index (χ3n) is 11.6. The summed E-state index contributed by atoms with van der Waals surface area (Å²) in [7, 11) is -2.45. The van der Waals surface area contributed by atoms with Crippen LogP contribution in [-0.4, -0.2) is 49.5 Å². The average Bonchev–Trinajstić information content (AvgIpc) is 3.54. The Morgan fingerprint density at radius 3 is 1.84 bits per heavy atom. The molecule has 1 aliphatic heterocycles. The molecule has 3 aromatic carbocycles. The molecular weight excluding hydrogens is 728 g/mol. The topological polar surface area (TPSA) is 54.7 Å². The Morgan fingerprint density at radius 1 is 0.804 bits per heavy atom. The van der Waals surface area contributed by atoms with Gasteiger partial charge in [-0.2, -0.15) is 13.2 Å². The highest BCUT2D eigenvalue weighted by molar-refractivity contribution is 6.99. The van der Waals surface area contributed by atoms with Crippen LogP contribution < -0.4 is 15.8 Å². The first-order chi connectivity index (χ1) is 26.0. The van der Waals surface area contributed by atoms with Gasteiger partial charge in [-0.1, -0.05) is 114 Å². The number of rotatable bonds is 10. The van der Waals surface area contributed by atoms with Crippen molar-refractivity contribution in [2.75, 3.05) is 7.11 Å². The number of methoxy groups -OCH3 is 1. The number of fused-ring (bicyclic) bond motifs is 1. The predicted molar refractivity (Wildman–Crippen MR) is 223 cm³/mol. The fourth-order valence-corrected chi connectivity index (χ4v) is 12.9. The molecule has 1 fully saturated rings. The minimum Gasteiger partial charge on any atom is -0.400 e. The summed E-state index contributed by atoms with van der Waals surface area (Å²) in [4.78, 5) is 4.73. The Balaban J connectivity index is 1.77. The van der Waals surface area contributed by atoms with Gasteiger partial charge in [0.1, 0.15) is 6.54 Å². The predicted octanol–water partition coefficient (Wildman–Crippen LogP) is 9.94. The summed E-state index contributed by atoms with van der Waals surface area (Å²) in [5.41, 5.74) is 1.40. The summed E-state index contributed by atoms with van der Waals surface area (Å²) in [5.74, 6) is 0. The van der Waals surface area contributed by atoms with Crippen LogP contribution in [-0.2, 0) is 25.0 Å². The van der Waals surface area contributed by atoms with Gasteiger partial charge in [0.2, 0.25) is 0 Å². The summed E-state index contributed by atoms with van der Waals surface area (Å²) < 4.78 is 73.2. The lowest BCUT2D eigenvalue weighted by molar-refractivity contribution is -0.139. The third kappa shape index (κ3) is 7.65. The normalized spacial score (nSPS) is 17.4. The van der Waals surface area contributed by atoms with Crippen molar-refractivity contribution >= 4 is 42.2 Å². The SMILES string of the molecule is COC(C)c1ncccc1-c1c(C(O[Si](c2ccccc2)(c2ccccc2)C(C)(C)C)C(C)(C)C)c2cc(B3OC(C)(C)C(C)(C)O3)ccc2n1CC(F)(F)F. The van der Waals surface area contributed by atoms with Gasteiger partial charge in [0.15, 0.2) is 0 Å². The Morgan fingerprint density at radius 2 is 1.36 bits per heavy atom. The van der Waals surface area contributed by atoms with E-state index in [2.05, 4.69) is 65.8 Å². The van der Waals surface area contributed by atoms with Crippen LogP contribution in [0.3, 0.4) is 0 Å². The molecule has 0 N–H and O–H groups in total. The van der Waals surface area contributed by atoms with Crippen LogP contribution in [0.5, 0.6) is 0 Å². The number of nitrogens with zero attached hydrogens (tertiary/aromatic N) is 2. The number of hydrogen-bond acceptors (Lipinski definition) is 5. The van der Waals surface area contributed by atoms with Crippen molar-refractivity contribution < 1.29 is 31.6 Å². The van der Waals surface area contributed by atoms with E-state index in [1.54, 1.807) is 25.4 Å². The first kappa shape index (κ1) is 41.9. The molecule has 0 aliphatic carbocycles. The number of halogens is 3. The van der Waals surface area contributed by atoms with Gasteiger partial charge in [-0.15, -0.1) is 0 Å². The lowest BCUT2D eigenvalue weighted by atomic mass is 9.77. The number of alkyl halides is 3. The number of benzene rings is 3. The quantitative estimate of drug-likeness (QED) is 0.132. The zero-order valence-corrected chi connectivity index (χ0v) is 35.8. The van der Waals surface area contributed by atoms with E-state index in [1.165, 1.54) is 4.57 Å². The zero-order chi connectivity index (χ0) is 41.1. The van der Waals surface area contributed by atoms with Crippen molar-refractivity contribution in [1.82, 2.24) is 9.55 Å². The van der Waals surface area contributed by atoms with E-state index < -0.39 is 62.0 Å². The maximum Gasteiger partial charge on any atom is 0.494 e. The highest BCUT2D eigenvalue weighted by Gasteiger charge is 2.55. The van der Waals surface area contributed by atoms with Crippen LogP contribution in [0.1, 0.15) is 99.6 Å². The third-order valence-corrected chi connectivity index (χ3v) is 16.6. The van der Waals surface area contributed by atoms with E-state index in [0.717, 1.165) is 10.4 Å². The number of hydrogen-bond donors (Lipinski definition) is 0. The van der Waals surface area contributed by atoms with E-state index in [4.69, 9.17) is 23.5 Å². The molecule has 2 aromatic heterocycles. The molecule has 3 heterocycles. The summed E-state index contributed by atoms with van der Waals surface area (Å²) >= 11 is 0. The smallest absolute Gasteiger partial charge is 0.400 e.